The Morgan fingerprint density at radius 2 is 1.65 bits per heavy atom. The maximum absolute atomic E-state index is 11.9. The number of hydrogen-bond acceptors (Lipinski definition) is 5. The molecule has 0 aromatic heterocycles. The van der Waals surface area contributed by atoms with Crippen LogP contribution in [0.4, 0.5) is 13.6 Å². The summed E-state index contributed by atoms with van der Waals surface area (Å²) in [5.74, 6) is 0.0580. The summed E-state index contributed by atoms with van der Waals surface area (Å²) < 4.78 is 47.8. The predicted molar refractivity (Wildman–Crippen MR) is 54.2 cm³/mol. The molecule has 0 saturated heterocycles. The Labute approximate surface area is 95.8 Å². The third-order valence-electron chi connectivity index (χ3n) is 1.61. The van der Waals surface area contributed by atoms with Gasteiger partial charge in [-0.3, -0.25) is 9.05 Å². The zero-order valence-corrected chi connectivity index (χ0v) is 9.44. The van der Waals surface area contributed by atoms with Crippen LogP contribution in [-0.4, -0.2) is 19.4 Å². The molecule has 17 heavy (non-hydrogen) atoms. The van der Waals surface area contributed by atoms with Gasteiger partial charge < -0.3 is 4.74 Å². The van der Waals surface area contributed by atoms with Gasteiger partial charge in [-0.15, -0.1) is 0 Å². The quantitative estimate of drug-likeness (QED) is 0.739. The molecule has 0 amide bonds. The number of benzene rings is 1. The largest absolute Gasteiger partial charge is 0.443 e. The van der Waals surface area contributed by atoms with E-state index in [0.717, 1.165) is 0 Å². The zero-order valence-electron chi connectivity index (χ0n) is 8.55. The molecule has 5 nitrogen and oxygen atoms in total. The van der Waals surface area contributed by atoms with Crippen molar-refractivity contribution in [2.75, 3.05) is 13.7 Å². The van der Waals surface area contributed by atoms with Crippen LogP contribution in [0.15, 0.2) is 30.3 Å². The van der Waals surface area contributed by atoms with E-state index in [2.05, 4.69) is 13.8 Å². The highest BCUT2D eigenvalue weighted by Crippen LogP contribution is 2.50. The van der Waals surface area contributed by atoms with Crippen LogP contribution in [0.3, 0.4) is 0 Å². The number of hydrogen-bond donors (Lipinski definition) is 0. The Morgan fingerprint density at radius 1 is 1.12 bits per heavy atom. The van der Waals surface area contributed by atoms with E-state index in [0.29, 0.717) is 0 Å². The van der Waals surface area contributed by atoms with E-state index in [1.807, 2.05) is 0 Å². The van der Waals surface area contributed by atoms with Crippen molar-refractivity contribution in [1.82, 2.24) is 0 Å². The fourth-order valence-electron chi connectivity index (χ4n) is 0.916. The maximum Gasteiger partial charge on any atom is 0.443 e. The summed E-state index contributed by atoms with van der Waals surface area (Å²) in [6.07, 6.45) is 0. The Morgan fingerprint density at radius 3 is 2.12 bits per heavy atom. The second-order valence-electron chi connectivity index (χ2n) is 2.65. The molecule has 0 aliphatic rings. The van der Waals surface area contributed by atoms with Crippen molar-refractivity contribution in [1.29, 1.82) is 0 Å². The monoisotopic (exact) mass is 266 g/mol. The Hall–Kier alpha value is -1.30. The first-order valence-corrected chi connectivity index (χ1v) is 5.95. The van der Waals surface area contributed by atoms with Crippen molar-refractivity contribution in [2.45, 2.75) is 0 Å². The number of carbonyl (C=O) groups is 1. The first kappa shape index (κ1) is 13.8. The first-order valence-electron chi connectivity index (χ1n) is 4.41. The predicted octanol–water partition coefficient (Wildman–Crippen LogP) is 3.27. The van der Waals surface area contributed by atoms with Crippen LogP contribution < -0.4 is 4.74 Å². The molecule has 94 valence electrons. The smallest absolute Gasteiger partial charge is 0.417 e. The van der Waals surface area contributed by atoms with E-state index in [1.54, 1.807) is 18.2 Å². The van der Waals surface area contributed by atoms with E-state index < -0.39 is 27.0 Å². The molecular formula is C9H9F2O5P. The van der Waals surface area contributed by atoms with E-state index in [4.69, 9.17) is 0 Å². The molecule has 0 fully saturated rings. The second-order valence-corrected chi connectivity index (χ2v) is 4.53. The van der Waals surface area contributed by atoms with Crippen molar-refractivity contribution < 1.29 is 31.9 Å². The van der Waals surface area contributed by atoms with Crippen molar-refractivity contribution in [3.05, 3.63) is 30.3 Å². The standard InChI is InChI=1S/C9H9F2O5P/c10-6-14-17(13,15-7-11)9(12)16-8-4-2-1-3-5-8/h1-5H,6-7H2. The summed E-state index contributed by atoms with van der Waals surface area (Å²) in [4.78, 5) is 11.3. The normalized spacial score (nSPS) is 11.2. The second kappa shape index (κ2) is 6.44. The number of para-hydroxylation sites is 1. The average Bonchev–Trinajstić information content (AvgIpc) is 2.31. The lowest BCUT2D eigenvalue weighted by Crippen LogP contribution is -2.11. The molecule has 0 radical (unpaired) electrons. The Kier molecular flexibility index (Phi) is 5.21. The third kappa shape index (κ3) is 3.89. The van der Waals surface area contributed by atoms with Crippen LogP contribution in [0.5, 0.6) is 5.75 Å². The minimum absolute atomic E-state index is 0.0580. The molecule has 1 aromatic rings. The minimum atomic E-state index is -4.59. The highest BCUT2D eigenvalue weighted by atomic mass is 31.2. The summed E-state index contributed by atoms with van der Waals surface area (Å²) in [5.41, 5.74) is -1.47. The molecule has 0 saturated carbocycles. The fourth-order valence-corrected chi connectivity index (χ4v) is 1.68. The molecular weight excluding hydrogens is 257 g/mol. The van der Waals surface area contributed by atoms with Crippen LogP contribution in [0.1, 0.15) is 0 Å². The van der Waals surface area contributed by atoms with Gasteiger partial charge in [0, 0.05) is 0 Å². The van der Waals surface area contributed by atoms with Gasteiger partial charge in [-0.1, -0.05) is 18.2 Å². The maximum atomic E-state index is 11.9. The minimum Gasteiger partial charge on any atom is -0.417 e. The van der Waals surface area contributed by atoms with Crippen LogP contribution in [0.25, 0.3) is 0 Å². The highest BCUT2D eigenvalue weighted by molar-refractivity contribution is 7.71. The van der Waals surface area contributed by atoms with Gasteiger partial charge in [0.2, 0.25) is 0 Å². The third-order valence-corrected chi connectivity index (χ3v) is 3.02. The van der Waals surface area contributed by atoms with E-state index >= 15 is 0 Å². The van der Waals surface area contributed by atoms with Gasteiger partial charge in [-0.25, -0.2) is 18.1 Å². The highest BCUT2D eigenvalue weighted by Gasteiger charge is 2.38. The van der Waals surface area contributed by atoms with Gasteiger partial charge in [0.1, 0.15) is 5.75 Å². The lowest BCUT2D eigenvalue weighted by molar-refractivity contribution is 0.108. The van der Waals surface area contributed by atoms with Crippen molar-refractivity contribution in [2.24, 2.45) is 0 Å². The molecule has 0 aliphatic carbocycles. The van der Waals surface area contributed by atoms with E-state index in [-0.39, 0.29) is 5.75 Å². The van der Waals surface area contributed by atoms with Gasteiger partial charge in [0.05, 0.1) is 0 Å². The molecule has 0 bridgehead atoms. The Balaban J connectivity index is 2.76. The van der Waals surface area contributed by atoms with Crippen LogP contribution in [-0.2, 0) is 13.6 Å². The molecule has 8 heteroatoms. The summed E-state index contributed by atoms with van der Waals surface area (Å²) in [6.45, 7) is -3.11. The fraction of sp³-hybridized carbons (Fsp3) is 0.222. The van der Waals surface area contributed by atoms with E-state index in [9.17, 15) is 18.1 Å². The molecule has 1 aromatic carbocycles. The Bertz CT molecular complexity index is 401. The molecule has 0 aliphatic heterocycles. The molecule has 0 heterocycles. The van der Waals surface area contributed by atoms with Crippen molar-refractivity contribution >= 4 is 13.3 Å². The van der Waals surface area contributed by atoms with E-state index in [1.165, 1.54) is 12.1 Å². The number of halogens is 2. The zero-order chi connectivity index (χ0) is 12.7. The number of carbonyl (C=O) groups excluding carboxylic acids is 1. The number of alkyl halides is 2. The van der Waals surface area contributed by atoms with Gasteiger partial charge in [-0.2, -0.15) is 0 Å². The van der Waals surface area contributed by atoms with Gasteiger partial charge in [0.15, 0.2) is 13.7 Å². The molecule has 1 rings (SSSR count). The summed E-state index contributed by atoms with van der Waals surface area (Å²) in [7, 11) is -4.59. The average molecular weight is 266 g/mol. The molecule has 0 N–H and O–H groups in total. The molecule has 0 atom stereocenters. The van der Waals surface area contributed by atoms with Gasteiger partial charge in [0.25, 0.3) is 0 Å². The lowest BCUT2D eigenvalue weighted by atomic mass is 10.3. The van der Waals surface area contributed by atoms with Crippen LogP contribution in [0.2, 0.25) is 0 Å². The summed E-state index contributed by atoms with van der Waals surface area (Å²) >= 11 is 0. The summed E-state index contributed by atoms with van der Waals surface area (Å²) in [5, 5.41) is 0. The topological polar surface area (TPSA) is 61.8 Å². The van der Waals surface area contributed by atoms with Gasteiger partial charge in [-0.05, 0) is 12.1 Å². The number of ether oxygens (including phenoxy) is 1. The van der Waals surface area contributed by atoms with Crippen LogP contribution in [0, 0.1) is 0 Å². The van der Waals surface area contributed by atoms with Crippen molar-refractivity contribution in [3.63, 3.8) is 0 Å². The lowest BCUT2D eigenvalue weighted by Gasteiger charge is -2.12. The summed E-state index contributed by atoms with van der Waals surface area (Å²) in [6, 6.07) is 7.56. The first-order chi connectivity index (χ1) is 8.12. The van der Waals surface area contributed by atoms with Crippen LogP contribution >= 0.6 is 7.60 Å². The van der Waals surface area contributed by atoms with Crippen molar-refractivity contribution in [3.8, 4) is 5.75 Å². The molecule has 0 unspecified atom stereocenters. The number of rotatable bonds is 6. The SMILES string of the molecule is O=C(Oc1ccccc1)P(=O)(OCF)OCF. The van der Waals surface area contributed by atoms with Gasteiger partial charge >= 0.3 is 13.3 Å². The molecule has 0 spiro atoms.